The van der Waals surface area contributed by atoms with Gasteiger partial charge < -0.3 is 4.58 Å². The summed E-state index contributed by atoms with van der Waals surface area (Å²) in [5.41, 5.74) is 1.42. The van der Waals surface area contributed by atoms with Crippen molar-refractivity contribution in [2.75, 3.05) is 6.54 Å². The van der Waals surface area contributed by atoms with E-state index in [1.54, 1.807) is 0 Å². The van der Waals surface area contributed by atoms with Gasteiger partial charge in [-0.25, -0.2) is 0 Å². The molecule has 0 heterocycles. The molecule has 1 nitrogen and oxygen atoms in total. The zero-order valence-corrected chi connectivity index (χ0v) is 12.5. The first kappa shape index (κ1) is 14.5. The molecule has 0 aliphatic carbocycles. The van der Waals surface area contributed by atoms with E-state index < -0.39 is 0 Å². The number of rotatable bonds is 6. The highest BCUT2D eigenvalue weighted by Gasteiger charge is 2.08. The molecule has 0 fully saturated rings. The van der Waals surface area contributed by atoms with E-state index in [-0.39, 0.29) is 0 Å². The molecule has 0 aromatic heterocycles. The van der Waals surface area contributed by atoms with Crippen LogP contribution in [0.4, 0.5) is 0 Å². The van der Waals surface area contributed by atoms with Gasteiger partial charge in [-0.05, 0) is 37.1 Å². The molecule has 0 radical (unpaired) electrons. The van der Waals surface area contributed by atoms with Crippen LogP contribution in [0, 0.1) is 6.04 Å². The second kappa shape index (κ2) is 7.64. The first-order valence-corrected chi connectivity index (χ1v) is 7.56. The lowest BCUT2D eigenvalue weighted by Gasteiger charge is -2.24. The van der Waals surface area contributed by atoms with E-state index in [2.05, 4.69) is 79.1 Å². The van der Waals surface area contributed by atoms with Gasteiger partial charge in [0.05, 0.1) is 0 Å². The van der Waals surface area contributed by atoms with Crippen LogP contribution in [-0.2, 0) is 6.42 Å². The molecular weight excluding hydrogens is 242 g/mol. The number of para-hydroxylation sites is 1. The Morgan fingerprint density at radius 3 is 2.35 bits per heavy atom. The molecule has 20 heavy (non-hydrogen) atoms. The highest BCUT2D eigenvalue weighted by Crippen LogP contribution is 2.14. The quantitative estimate of drug-likeness (QED) is 0.553. The van der Waals surface area contributed by atoms with E-state index in [1.807, 2.05) is 0 Å². The molecule has 0 aliphatic rings. The minimum Gasteiger partial charge on any atom is -0.378 e. The van der Waals surface area contributed by atoms with Crippen LogP contribution in [0.3, 0.4) is 0 Å². The Morgan fingerprint density at radius 2 is 1.75 bits per heavy atom. The Kier molecular flexibility index (Phi) is 5.55. The van der Waals surface area contributed by atoms with Crippen LogP contribution in [0.15, 0.2) is 60.7 Å². The normalized spacial score (nSPS) is 10.3. The fourth-order valence-electron chi connectivity index (χ4n) is 2.63. The van der Waals surface area contributed by atoms with Crippen LogP contribution in [-0.4, -0.2) is 6.54 Å². The van der Waals surface area contributed by atoms with E-state index in [4.69, 9.17) is 0 Å². The van der Waals surface area contributed by atoms with Gasteiger partial charge in [0.25, 0.3) is 0 Å². The van der Waals surface area contributed by atoms with Crippen molar-refractivity contribution in [2.45, 2.75) is 33.1 Å². The maximum atomic E-state index is 2.45. The lowest BCUT2D eigenvalue weighted by atomic mass is 10.0. The van der Waals surface area contributed by atoms with Gasteiger partial charge in [0.15, 0.2) is 0 Å². The summed E-state index contributed by atoms with van der Waals surface area (Å²) in [6.45, 7) is 5.51. The molecule has 0 bridgehead atoms. The predicted octanol–water partition coefficient (Wildman–Crippen LogP) is 3.77. The fraction of sp³-hybridized carbons (Fsp3) is 0.316. The van der Waals surface area contributed by atoms with Gasteiger partial charge in [0.1, 0.15) is 6.54 Å². The summed E-state index contributed by atoms with van der Waals surface area (Å²) < 4.78 is 2.45. The number of nitrogens with zero attached hydrogens (tertiary/aromatic N) is 1. The van der Waals surface area contributed by atoms with Gasteiger partial charge in [0, 0.05) is 6.04 Å². The molecular formula is C19H24N-. The van der Waals surface area contributed by atoms with Crippen molar-refractivity contribution >= 4 is 0 Å². The van der Waals surface area contributed by atoms with Crippen molar-refractivity contribution in [3.63, 3.8) is 0 Å². The molecule has 0 amide bonds. The summed E-state index contributed by atoms with van der Waals surface area (Å²) in [6.07, 6.45) is 3.35. The minimum absolute atomic E-state index is 1.03. The SMILES string of the molecule is CC[C-](CCc1ccccc1)[N+](CC)=c1cccc[cH-]1. The van der Waals surface area contributed by atoms with Gasteiger partial charge in [0.2, 0.25) is 0 Å². The van der Waals surface area contributed by atoms with E-state index in [0.717, 1.165) is 25.8 Å². The van der Waals surface area contributed by atoms with Crippen molar-refractivity contribution < 1.29 is 0 Å². The van der Waals surface area contributed by atoms with Crippen LogP contribution < -0.4 is 9.93 Å². The van der Waals surface area contributed by atoms with Crippen molar-refractivity contribution in [3.05, 3.63) is 77.6 Å². The van der Waals surface area contributed by atoms with Crippen molar-refractivity contribution in [2.24, 2.45) is 0 Å². The van der Waals surface area contributed by atoms with Crippen molar-refractivity contribution in [1.29, 1.82) is 0 Å². The van der Waals surface area contributed by atoms with E-state index in [9.17, 15) is 0 Å². The Balaban J connectivity index is 2.15. The maximum absolute atomic E-state index is 2.45. The maximum Gasteiger partial charge on any atom is 0.111 e. The summed E-state index contributed by atoms with van der Waals surface area (Å²) in [6, 6.07) is 23.0. The smallest absolute Gasteiger partial charge is 0.111 e. The zero-order chi connectivity index (χ0) is 14.2. The molecule has 2 rings (SSSR count). The Labute approximate surface area is 122 Å². The van der Waals surface area contributed by atoms with E-state index in [0.29, 0.717) is 0 Å². The molecule has 0 spiro atoms. The molecule has 0 aliphatic heterocycles. The lowest BCUT2D eigenvalue weighted by Crippen LogP contribution is -2.33. The second-order valence-electron chi connectivity index (χ2n) is 4.99. The predicted molar refractivity (Wildman–Crippen MR) is 86.1 cm³/mol. The first-order valence-electron chi connectivity index (χ1n) is 7.56. The summed E-state index contributed by atoms with van der Waals surface area (Å²) in [5.74, 6) is 0. The molecule has 1 heteroatoms. The molecule has 106 valence electrons. The molecule has 0 N–H and O–H groups in total. The van der Waals surface area contributed by atoms with Crippen molar-refractivity contribution in [3.8, 4) is 0 Å². The summed E-state index contributed by atoms with van der Waals surface area (Å²) in [7, 11) is 0. The largest absolute Gasteiger partial charge is 0.378 e. The third-order valence-electron chi connectivity index (χ3n) is 3.72. The average molecular weight is 266 g/mol. The van der Waals surface area contributed by atoms with Gasteiger partial charge in [-0.15, -0.1) is 0 Å². The van der Waals surface area contributed by atoms with Gasteiger partial charge >= 0.3 is 0 Å². The van der Waals surface area contributed by atoms with Gasteiger partial charge in [-0.3, -0.25) is 0 Å². The third-order valence-corrected chi connectivity index (χ3v) is 3.72. The van der Waals surface area contributed by atoms with E-state index >= 15 is 0 Å². The molecule has 2 aromatic rings. The highest BCUT2D eigenvalue weighted by molar-refractivity contribution is 5.16. The third kappa shape index (κ3) is 3.80. The van der Waals surface area contributed by atoms with Crippen LogP contribution in [0.25, 0.3) is 0 Å². The molecule has 0 atom stereocenters. The molecule has 0 saturated carbocycles. The van der Waals surface area contributed by atoms with Crippen LogP contribution >= 0.6 is 0 Å². The second-order valence-corrected chi connectivity index (χ2v) is 4.99. The number of hydrogen-bond acceptors (Lipinski definition) is 0. The summed E-state index contributed by atoms with van der Waals surface area (Å²) >= 11 is 0. The lowest BCUT2D eigenvalue weighted by molar-refractivity contribution is 0.531. The minimum atomic E-state index is 1.03. The Hall–Kier alpha value is -1.89. The number of hydrogen-bond donors (Lipinski definition) is 0. The standard InChI is InChI=1S/C19H24N/c1-3-18(16-15-17-11-7-5-8-12-17)20(4-2)19-13-9-6-10-14-19/h5-14H,3-4,15-16H2,1-2H3/q-1. The fourth-order valence-corrected chi connectivity index (χ4v) is 2.63. The first-order chi connectivity index (χ1) is 9.85. The van der Waals surface area contributed by atoms with Crippen LogP contribution in [0.5, 0.6) is 0 Å². The average Bonchev–Trinajstić information content (AvgIpc) is 2.53. The van der Waals surface area contributed by atoms with Crippen LogP contribution in [0.1, 0.15) is 32.3 Å². The Morgan fingerprint density at radius 1 is 1.00 bits per heavy atom. The zero-order valence-electron chi connectivity index (χ0n) is 12.5. The van der Waals surface area contributed by atoms with E-state index in [1.165, 1.54) is 17.0 Å². The molecule has 2 aromatic carbocycles. The monoisotopic (exact) mass is 266 g/mol. The summed E-state index contributed by atoms with van der Waals surface area (Å²) in [4.78, 5) is 0. The summed E-state index contributed by atoms with van der Waals surface area (Å²) in [5, 5.41) is 1.31. The highest BCUT2D eigenvalue weighted by atomic mass is 15.0. The van der Waals surface area contributed by atoms with Gasteiger partial charge in [-0.2, -0.15) is 30.3 Å². The van der Waals surface area contributed by atoms with Crippen molar-refractivity contribution in [1.82, 2.24) is 4.58 Å². The Bertz CT molecular complexity index is 548. The molecule has 0 saturated heterocycles. The van der Waals surface area contributed by atoms with Gasteiger partial charge in [-0.1, -0.05) is 37.3 Å². The van der Waals surface area contributed by atoms with Crippen LogP contribution in [0.2, 0.25) is 0 Å². The number of benzene rings is 2. The molecule has 0 unspecified atom stereocenters. The number of aryl methyl sites for hydroxylation is 1. The topological polar surface area (TPSA) is 3.01 Å².